The fourth-order valence-electron chi connectivity index (χ4n) is 1.03. The molecule has 0 aliphatic carbocycles. The molecule has 0 saturated carbocycles. The molecule has 0 unspecified atom stereocenters. The van der Waals surface area contributed by atoms with Crippen LogP contribution in [0, 0.1) is 11.8 Å². The number of rotatable bonds is 2. The van der Waals surface area contributed by atoms with E-state index in [1.165, 1.54) is 11.8 Å². The monoisotopic (exact) mass is 253 g/mol. The van der Waals surface area contributed by atoms with E-state index in [-0.39, 0.29) is 5.12 Å². The predicted molar refractivity (Wildman–Crippen MR) is 70.5 cm³/mol. The Morgan fingerprint density at radius 3 is 2.94 bits per heavy atom. The number of nitrogens with two attached hydrogens (primary N) is 1. The average molecular weight is 254 g/mol. The third-order valence-electron chi connectivity index (χ3n) is 1.76. The summed E-state index contributed by atoms with van der Waals surface area (Å²) in [5, 5.41) is 0.662. The molecule has 0 saturated heterocycles. The Balaban J connectivity index is 2.50. The van der Waals surface area contributed by atoms with Crippen molar-refractivity contribution in [2.75, 3.05) is 11.5 Å². The van der Waals surface area contributed by atoms with Gasteiger partial charge in [-0.15, -0.1) is 0 Å². The molecule has 0 aliphatic rings. The third-order valence-corrected chi connectivity index (χ3v) is 2.92. The smallest absolute Gasteiger partial charge is 0.185 e. The van der Waals surface area contributed by atoms with Crippen LogP contribution in [-0.4, -0.2) is 10.9 Å². The first-order chi connectivity index (χ1) is 7.59. The molecule has 2 N–H and O–H groups in total. The third kappa shape index (κ3) is 4.61. The summed E-state index contributed by atoms with van der Waals surface area (Å²) in [6, 6.07) is 5.29. The van der Waals surface area contributed by atoms with Crippen molar-refractivity contribution in [3.63, 3.8) is 0 Å². The summed E-state index contributed by atoms with van der Waals surface area (Å²) in [5.74, 6) is 6.68. The molecule has 1 rings (SSSR count). The van der Waals surface area contributed by atoms with Crippen molar-refractivity contribution in [3.05, 3.63) is 28.8 Å². The van der Waals surface area contributed by atoms with Crippen LogP contribution in [0.4, 0.5) is 5.69 Å². The van der Waals surface area contributed by atoms with Crippen LogP contribution in [0.1, 0.15) is 18.9 Å². The molecule has 1 aromatic carbocycles. The molecule has 1 aromatic rings. The van der Waals surface area contributed by atoms with Gasteiger partial charge in [-0.1, -0.05) is 35.2 Å². The van der Waals surface area contributed by atoms with E-state index in [1.54, 1.807) is 19.1 Å². The summed E-state index contributed by atoms with van der Waals surface area (Å²) >= 11 is 7.07. The second-order valence-corrected chi connectivity index (χ2v) is 4.81. The summed E-state index contributed by atoms with van der Waals surface area (Å²) in [7, 11) is 0. The Morgan fingerprint density at radius 1 is 1.56 bits per heavy atom. The predicted octanol–water partition coefficient (Wildman–Crippen LogP) is 2.94. The van der Waals surface area contributed by atoms with Crippen LogP contribution in [-0.2, 0) is 4.79 Å². The van der Waals surface area contributed by atoms with E-state index in [0.717, 1.165) is 11.3 Å². The Bertz CT molecular complexity index is 448. The topological polar surface area (TPSA) is 43.1 Å². The average Bonchev–Trinajstić information content (AvgIpc) is 2.22. The van der Waals surface area contributed by atoms with Gasteiger partial charge in [-0.05, 0) is 18.2 Å². The standard InChI is InChI=1S/C12H12ClNOS/c1-9(15)16-7-3-2-4-10-5-6-11(13)12(14)8-10/h5-6,8H,3,7,14H2,1H3. The molecule has 0 spiro atoms. The highest BCUT2D eigenvalue weighted by Gasteiger charge is 1.95. The van der Waals surface area contributed by atoms with Gasteiger partial charge in [-0.3, -0.25) is 4.79 Å². The molecule has 0 amide bonds. The molecule has 4 heteroatoms. The van der Waals surface area contributed by atoms with Crippen LogP contribution in [0.25, 0.3) is 0 Å². The molecule has 84 valence electrons. The number of hydrogen-bond acceptors (Lipinski definition) is 3. The SMILES string of the molecule is CC(=O)SCCC#Cc1ccc(Cl)c(N)c1. The van der Waals surface area contributed by atoms with Crippen molar-refractivity contribution < 1.29 is 4.79 Å². The highest BCUT2D eigenvalue weighted by Crippen LogP contribution is 2.18. The van der Waals surface area contributed by atoms with Crippen LogP contribution in [0.5, 0.6) is 0 Å². The summed E-state index contributed by atoms with van der Waals surface area (Å²) < 4.78 is 0. The molecule has 0 aromatic heterocycles. The first kappa shape index (κ1) is 13.0. The quantitative estimate of drug-likeness (QED) is 0.501. The van der Waals surface area contributed by atoms with Gasteiger partial charge in [0.25, 0.3) is 0 Å². The van der Waals surface area contributed by atoms with Crippen molar-refractivity contribution >= 4 is 34.2 Å². The summed E-state index contributed by atoms with van der Waals surface area (Å²) in [4.78, 5) is 10.6. The second kappa shape index (κ2) is 6.47. The zero-order valence-corrected chi connectivity index (χ0v) is 10.5. The minimum Gasteiger partial charge on any atom is -0.397 e. The van der Waals surface area contributed by atoms with Gasteiger partial charge in [0.2, 0.25) is 0 Å². The van der Waals surface area contributed by atoms with E-state index in [9.17, 15) is 4.79 Å². The zero-order valence-electron chi connectivity index (χ0n) is 8.92. The molecular formula is C12H12ClNOS. The number of halogens is 1. The van der Waals surface area contributed by atoms with Crippen LogP contribution in [0.2, 0.25) is 5.02 Å². The molecule has 0 bridgehead atoms. The molecular weight excluding hydrogens is 242 g/mol. The Morgan fingerprint density at radius 2 is 2.31 bits per heavy atom. The second-order valence-electron chi connectivity index (χ2n) is 3.13. The minimum atomic E-state index is 0.123. The number of anilines is 1. The van der Waals surface area contributed by atoms with Crippen LogP contribution in [0.3, 0.4) is 0 Å². The van der Waals surface area contributed by atoms with E-state index >= 15 is 0 Å². The van der Waals surface area contributed by atoms with Gasteiger partial charge in [-0.25, -0.2) is 0 Å². The molecule has 0 aliphatic heterocycles. The molecule has 0 radical (unpaired) electrons. The summed E-state index contributed by atoms with van der Waals surface area (Å²) in [6.45, 7) is 1.55. The molecule has 0 heterocycles. The maximum atomic E-state index is 10.6. The van der Waals surface area contributed by atoms with Crippen molar-refractivity contribution in [3.8, 4) is 11.8 Å². The fraction of sp³-hybridized carbons (Fsp3) is 0.250. The Kier molecular flexibility index (Phi) is 5.24. The zero-order chi connectivity index (χ0) is 12.0. The molecule has 0 atom stereocenters. The first-order valence-corrected chi connectivity index (χ1v) is 6.13. The number of thioether (sulfide) groups is 1. The van der Waals surface area contributed by atoms with E-state index in [4.69, 9.17) is 17.3 Å². The van der Waals surface area contributed by atoms with Gasteiger partial charge in [0.05, 0.1) is 10.7 Å². The van der Waals surface area contributed by atoms with Crippen molar-refractivity contribution in [1.82, 2.24) is 0 Å². The molecule has 0 fully saturated rings. The van der Waals surface area contributed by atoms with E-state index in [2.05, 4.69) is 11.8 Å². The van der Waals surface area contributed by atoms with Crippen LogP contribution >= 0.6 is 23.4 Å². The van der Waals surface area contributed by atoms with Gasteiger partial charge >= 0.3 is 0 Å². The Hall–Kier alpha value is -1.11. The van der Waals surface area contributed by atoms with Crippen molar-refractivity contribution in [1.29, 1.82) is 0 Å². The van der Waals surface area contributed by atoms with Gasteiger partial charge in [0, 0.05) is 24.7 Å². The van der Waals surface area contributed by atoms with Crippen molar-refractivity contribution in [2.24, 2.45) is 0 Å². The maximum absolute atomic E-state index is 10.6. The van der Waals surface area contributed by atoms with Gasteiger partial charge in [0.15, 0.2) is 5.12 Å². The Labute approximate surface area is 105 Å². The lowest BCUT2D eigenvalue weighted by atomic mass is 10.2. The summed E-state index contributed by atoms with van der Waals surface area (Å²) in [5.41, 5.74) is 7.02. The minimum absolute atomic E-state index is 0.123. The van der Waals surface area contributed by atoms with Crippen molar-refractivity contribution in [2.45, 2.75) is 13.3 Å². The van der Waals surface area contributed by atoms with E-state index in [1.807, 2.05) is 6.07 Å². The highest BCUT2D eigenvalue weighted by molar-refractivity contribution is 8.13. The van der Waals surface area contributed by atoms with Gasteiger partial charge in [-0.2, -0.15) is 0 Å². The largest absolute Gasteiger partial charge is 0.397 e. The van der Waals surface area contributed by atoms with Gasteiger partial charge in [0.1, 0.15) is 0 Å². The number of nitrogen functional groups attached to an aromatic ring is 1. The van der Waals surface area contributed by atoms with Gasteiger partial charge < -0.3 is 5.73 Å². The van der Waals surface area contributed by atoms with Crippen LogP contribution in [0.15, 0.2) is 18.2 Å². The lowest BCUT2D eigenvalue weighted by Gasteiger charge is -1.96. The van der Waals surface area contributed by atoms with E-state index in [0.29, 0.717) is 17.1 Å². The summed E-state index contributed by atoms with van der Waals surface area (Å²) in [6.07, 6.45) is 0.687. The van der Waals surface area contributed by atoms with E-state index < -0.39 is 0 Å². The lowest BCUT2D eigenvalue weighted by Crippen LogP contribution is -1.87. The highest BCUT2D eigenvalue weighted by atomic mass is 35.5. The number of carbonyl (C=O) groups is 1. The first-order valence-electron chi connectivity index (χ1n) is 4.77. The van der Waals surface area contributed by atoms with Crippen LogP contribution < -0.4 is 5.73 Å². The molecule has 16 heavy (non-hydrogen) atoms. The maximum Gasteiger partial charge on any atom is 0.185 e. The normalized spacial score (nSPS) is 9.38. The fourth-order valence-corrected chi connectivity index (χ4v) is 1.64. The lowest BCUT2D eigenvalue weighted by molar-refractivity contribution is -0.109. The molecule has 2 nitrogen and oxygen atoms in total. The number of hydrogen-bond donors (Lipinski definition) is 1. The number of benzene rings is 1. The number of carbonyl (C=O) groups excluding carboxylic acids is 1.